The Kier molecular flexibility index (Phi) is 6.80. The van der Waals surface area contributed by atoms with Crippen LogP contribution in [0.4, 0.5) is 10.1 Å². The van der Waals surface area contributed by atoms with E-state index in [0.717, 1.165) is 23.5 Å². The van der Waals surface area contributed by atoms with Crippen molar-refractivity contribution < 1.29 is 14.0 Å². The lowest BCUT2D eigenvalue weighted by molar-refractivity contribution is -0.123. The molecule has 162 valence electrons. The summed E-state index contributed by atoms with van der Waals surface area (Å²) in [6.07, 6.45) is 0.843. The molecule has 1 atom stereocenters. The van der Waals surface area contributed by atoms with E-state index in [4.69, 9.17) is 0 Å². The molecule has 0 saturated heterocycles. The number of hydrogen-bond acceptors (Lipinski definition) is 5. The van der Waals surface area contributed by atoms with Crippen LogP contribution in [-0.4, -0.2) is 26.9 Å². The summed E-state index contributed by atoms with van der Waals surface area (Å²) in [4.78, 5) is 28.3. The van der Waals surface area contributed by atoms with Crippen LogP contribution in [0.3, 0.4) is 0 Å². The van der Waals surface area contributed by atoms with Crippen molar-refractivity contribution in [3.63, 3.8) is 0 Å². The molecule has 3 aromatic rings. The summed E-state index contributed by atoms with van der Waals surface area (Å²) in [6, 6.07) is 12.0. The lowest BCUT2D eigenvalue weighted by atomic mass is 10.00. The number of halogens is 1. The third-order valence-corrected chi connectivity index (χ3v) is 5.12. The molecule has 2 aromatic carbocycles. The number of rotatable bonds is 6. The summed E-state index contributed by atoms with van der Waals surface area (Å²) < 4.78 is 17.4. The molecule has 1 aromatic heterocycles. The van der Waals surface area contributed by atoms with Crippen LogP contribution in [0.1, 0.15) is 55.4 Å². The maximum atomic E-state index is 13.6. The van der Waals surface area contributed by atoms with Crippen LogP contribution in [0.25, 0.3) is 0 Å². The highest BCUT2D eigenvalue weighted by Gasteiger charge is 2.35. The minimum atomic E-state index is -1.03. The minimum Gasteiger partial charge on any atom is -0.349 e. The molecule has 0 bridgehead atoms. The molecule has 0 radical (unpaired) electrons. The Morgan fingerprint density at radius 2 is 1.74 bits per heavy atom. The van der Waals surface area contributed by atoms with Gasteiger partial charge in [-0.05, 0) is 74.1 Å². The van der Waals surface area contributed by atoms with Gasteiger partial charge in [0.1, 0.15) is 11.9 Å². The van der Waals surface area contributed by atoms with E-state index in [0.29, 0.717) is 11.3 Å². The Bertz CT molecular complexity index is 1030. The van der Waals surface area contributed by atoms with E-state index in [2.05, 4.69) is 14.9 Å². The summed E-state index contributed by atoms with van der Waals surface area (Å²) in [5, 5.41) is 8.39. The van der Waals surface area contributed by atoms with Crippen molar-refractivity contribution in [1.29, 1.82) is 0 Å². The number of hydrogen-bond donors (Lipinski definition) is 1. The molecule has 0 unspecified atom stereocenters. The molecule has 3 rings (SSSR count). The highest BCUT2D eigenvalue weighted by Crippen LogP contribution is 2.30. The zero-order valence-corrected chi connectivity index (χ0v) is 18.7. The van der Waals surface area contributed by atoms with Gasteiger partial charge >= 0.3 is 0 Å². The van der Waals surface area contributed by atoms with Crippen molar-refractivity contribution in [3.05, 3.63) is 76.5 Å². The first-order valence-electron chi connectivity index (χ1n) is 9.96. The Morgan fingerprint density at radius 3 is 2.26 bits per heavy atom. The van der Waals surface area contributed by atoms with E-state index in [1.165, 1.54) is 29.2 Å². The first-order valence-corrected chi connectivity index (χ1v) is 10.8. The SMILES string of the molecule is CCc1ccc(N(C(=O)c2csnn2)[C@H](C(=O)NC(C)(C)C)c2ccc(F)cc2)cc1. The summed E-state index contributed by atoms with van der Waals surface area (Å²) in [5.41, 5.74) is 1.73. The third kappa shape index (κ3) is 5.52. The largest absolute Gasteiger partial charge is 0.349 e. The molecule has 0 fully saturated rings. The average molecular weight is 441 g/mol. The number of nitrogens with zero attached hydrogens (tertiary/aromatic N) is 3. The van der Waals surface area contributed by atoms with Gasteiger partial charge in [-0.25, -0.2) is 4.39 Å². The van der Waals surface area contributed by atoms with Crippen molar-refractivity contribution in [2.45, 2.75) is 45.7 Å². The molecule has 0 spiro atoms. The van der Waals surface area contributed by atoms with Crippen LogP contribution in [0.2, 0.25) is 0 Å². The molecule has 0 aliphatic rings. The number of amides is 2. The first-order chi connectivity index (χ1) is 14.7. The number of carbonyl (C=O) groups is 2. The van der Waals surface area contributed by atoms with Gasteiger partial charge in [-0.1, -0.05) is 35.7 Å². The van der Waals surface area contributed by atoms with Crippen LogP contribution in [0, 0.1) is 5.82 Å². The van der Waals surface area contributed by atoms with Gasteiger partial charge in [0.15, 0.2) is 5.69 Å². The first kappa shape index (κ1) is 22.6. The van der Waals surface area contributed by atoms with Gasteiger partial charge < -0.3 is 5.32 Å². The normalized spacial score (nSPS) is 12.3. The second-order valence-electron chi connectivity index (χ2n) is 8.18. The molecule has 6 nitrogen and oxygen atoms in total. The Hall–Kier alpha value is -3.13. The lowest BCUT2D eigenvalue weighted by Crippen LogP contribution is -2.49. The molecular formula is C23H25FN4O2S. The standard InChI is InChI=1S/C23H25FN4O2S/c1-5-15-6-12-18(13-7-15)28(22(30)19-14-31-27-26-19)20(21(29)25-23(2,3)4)16-8-10-17(24)11-9-16/h6-14,20H,5H2,1-4H3,(H,25,29)/t20-/m0/s1. The summed E-state index contributed by atoms with van der Waals surface area (Å²) in [7, 11) is 0. The summed E-state index contributed by atoms with van der Waals surface area (Å²) in [5.74, 6) is -1.26. The minimum absolute atomic E-state index is 0.139. The van der Waals surface area contributed by atoms with Crippen molar-refractivity contribution in [2.24, 2.45) is 0 Å². The van der Waals surface area contributed by atoms with Gasteiger partial charge in [0.2, 0.25) is 5.91 Å². The molecule has 0 aliphatic heterocycles. The van der Waals surface area contributed by atoms with Gasteiger partial charge in [0, 0.05) is 16.6 Å². The van der Waals surface area contributed by atoms with E-state index >= 15 is 0 Å². The molecule has 8 heteroatoms. The van der Waals surface area contributed by atoms with Crippen molar-refractivity contribution in [2.75, 3.05) is 4.90 Å². The zero-order valence-electron chi connectivity index (χ0n) is 17.9. The number of nitrogens with one attached hydrogen (secondary N) is 1. The molecule has 2 amide bonds. The Morgan fingerprint density at radius 1 is 1.10 bits per heavy atom. The number of aromatic nitrogens is 2. The molecule has 1 N–H and O–H groups in total. The molecule has 0 aliphatic carbocycles. The summed E-state index contributed by atoms with van der Waals surface area (Å²) in [6.45, 7) is 7.62. The third-order valence-electron chi connectivity index (χ3n) is 4.61. The molecule has 31 heavy (non-hydrogen) atoms. The quantitative estimate of drug-likeness (QED) is 0.611. The fourth-order valence-electron chi connectivity index (χ4n) is 3.16. The van der Waals surface area contributed by atoms with E-state index < -0.39 is 23.3 Å². The van der Waals surface area contributed by atoms with E-state index in [1.54, 1.807) is 17.5 Å². The van der Waals surface area contributed by atoms with Crippen molar-refractivity contribution >= 4 is 29.0 Å². The van der Waals surface area contributed by atoms with Gasteiger partial charge in [-0.3, -0.25) is 14.5 Å². The Labute approximate surface area is 185 Å². The number of carbonyl (C=O) groups excluding carboxylic acids is 2. The number of anilines is 1. The monoisotopic (exact) mass is 440 g/mol. The molecular weight excluding hydrogens is 415 g/mol. The predicted octanol–water partition coefficient (Wildman–Crippen LogP) is 4.54. The van der Waals surface area contributed by atoms with Gasteiger partial charge in [0.05, 0.1) is 0 Å². The predicted molar refractivity (Wildman–Crippen MR) is 120 cm³/mol. The lowest BCUT2D eigenvalue weighted by Gasteiger charge is -2.33. The smallest absolute Gasteiger partial charge is 0.280 e. The van der Waals surface area contributed by atoms with Crippen LogP contribution >= 0.6 is 11.5 Å². The maximum absolute atomic E-state index is 13.6. The second-order valence-corrected chi connectivity index (χ2v) is 8.79. The van der Waals surface area contributed by atoms with Crippen LogP contribution in [0.5, 0.6) is 0 Å². The maximum Gasteiger partial charge on any atom is 0.280 e. The molecule has 1 heterocycles. The number of aryl methyl sites for hydroxylation is 1. The average Bonchev–Trinajstić information content (AvgIpc) is 3.26. The van der Waals surface area contributed by atoms with Crippen molar-refractivity contribution in [1.82, 2.24) is 14.9 Å². The van der Waals surface area contributed by atoms with E-state index in [-0.39, 0.29) is 11.6 Å². The highest BCUT2D eigenvalue weighted by atomic mass is 32.1. The Balaban J connectivity index is 2.16. The topological polar surface area (TPSA) is 75.2 Å². The van der Waals surface area contributed by atoms with E-state index in [1.807, 2.05) is 39.8 Å². The van der Waals surface area contributed by atoms with Crippen LogP contribution in [0.15, 0.2) is 53.9 Å². The fraction of sp³-hybridized carbons (Fsp3) is 0.304. The van der Waals surface area contributed by atoms with E-state index in [9.17, 15) is 14.0 Å². The van der Waals surface area contributed by atoms with Gasteiger partial charge in [0.25, 0.3) is 5.91 Å². The van der Waals surface area contributed by atoms with Gasteiger partial charge in [-0.2, -0.15) is 0 Å². The fourth-order valence-corrected chi connectivity index (χ4v) is 3.59. The zero-order chi connectivity index (χ0) is 22.6. The van der Waals surface area contributed by atoms with Crippen molar-refractivity contribution in [3.8, 4) is 0 Å². The molecule has 0 saturated carbocycles. The summed E-state index contributed by atoms with van der Waals surface area (Å²) >= 11 is 1.06. The van der Waals surface area contributed by atoms with Crippen LogP contribution in [-0.2, 0) is 11.2 Å². The number of benzene rings is 2. The highest BCUT2D eigenvalue weighted by molar-refractivity contribution is 7.03. The van der Waals surface area contributed by atoms with Crippen LogP contribution < -0.4 is 10.2 Å². The van der Waals surface area contributed by atoms with Gasteiger partial charge in [-0.15, -0.1) is 5.10 Å². The second kappa shape index (κ2) is 9.34.